The molecule has 0 saturated carbocycles. The molecule has 2 saturated heterocycles. The van der Waals surface area contributed by atoms with Crippen LogP contribution in [0.25, 0.3) is 0 Å². The van der Waals surface area contributed by atoms with Crippen LogP contribution < -0.4 is 5.32 Å². The molecule has 0 radical (unpaired) electrons. The van der Waals surface area contributed by atoms with Crippen molar-refractivity contribution < 1.29 is 4.79 Å². The molecule has 0 spiro atoms. The number of fused-ring (bicyclic) bond motifs is 1. The van der Waals surface area contributed by atoms with E-state index in [0.29, 0.717) is 18.4 Å². The first-order valence-corrected chi connectivity index (χ1v) is 7.21. The minimum Gasteiger partial charge on any atom is -0.340 e. The molecule has 1 amide bonds. The van der Waals surface area contributed by atoms with Crippen LogP contribution >= 0.6 is 0 Å². The van der Waals surface area contributed by atoms with Gasteiger partial charge in [0.2, 0.25) is 5.91 Å². The molecule has 2 heterocycles. The van der Waals surface area contributed by atoms with E-state index in [1.54, 1.807) is 0 Å². The molecule has 2 aliphatic heterocycles. The van der Waals surface area contributed by atoms with Crippen molar-refractivity contribution in [2.75, 3.05) is 19.6 Å². The topological polar surface area (TPSA) is 32.3 Å². The van der Waals surface area contributed by atoms with Crippen LogP contribution in [0, 0.1) is 19.8 Å². The van der Waals surface area contributed by atoms with E-state index in [0.717, 1.165) is 25.2 Å². The number of aryl methyl sites for hydroxylation is 2. The third-order valence-corrected chi connectivity index (χ3v) is 4.64. The molecule has 1 N–H and O–H groups in total. The lowest BCUT2D eigenvalue weighted by atomic mass is 10.0. The van der Waals surface area contributed by atoms with Crippen LogP contribution in [0.2, 0.25) is 0 Å². The van der Waals surface area contributed by atoms with Gasteiger partial charge < -0.3 is 10.2 Å². The maximum absolute atomic E-state index is 12.3. The van der Waals surface area contributed by atoms with Gasteiger partial charge in [0, 0.05) is 19.1 Å². The standard InChI is InChI=1S/C16H22N2O/c1-11-3-4-13(7-12(11)2)8-16(19)18-9-14-5-6-17-15(14)10-18/h3-4,7,14-15,17H,5-6,8-10H2,1-2H3/t14-,15+/m0/s1. The van der Waals surface area contributed by atoms with Gasteiger partial charge in [0.1, 0.15) is 0 Å². The lowest BCUT2D eigenvalue weighted by molar-refractivity contribution is -0.129. The quantitative estimate of drug-likeness (QED) is 0.875. The Labute approximate surface area is 115 Å². The van der Waals surface area contributed by atoms with Crippen LogP contribution in [0.4, 0.5) is 0 Å². The van der Waals surface area contributed by atoms with Gasteiger partial charge in [-0.25, -0.2) is 0 Å². The van der Waals surface area contributed by atoms with Gasteiger partial charge >= 0.3 is 0 Å². The normalized spacial score (nSPS) is 25.7. The Morgan fingerprint density at radius 1 is 1.32 bits per heavy atom. The lowest BCUT2D eigenvalue weighted by Gasteiger charge is -2.17. The average Bonchev–Trinajstić information content (AvgIpc) is 2.94. The van der Waals surface area contributed by atoms with Crippen LogP contribution in [-0.2, 0) is 11.2 Å². The highest BCUT2D eigenvalue weighted by Gasteiger charge is 2.37. The van der Waals surface area contributed by atoms with Crippen LogP contribution in [-0.4, -0.2) is 36.5 Å². The Bertz CT molecular complexity index is 486. The molecule has 19 heavy (non-hydrogen) atoms. The smallest absolute Gasteiger partial charge is 0.227 e. The van der Waals surface area contributed by atoms with Crippen LogP contribution in [0.1, 0.15) is 23.1 Å². The second-order valence-corrected chi connectivity index (χ2v) is 6.00. The SMILES string of the molecule is Cc1ccc(CC(=O)N2C[C@@H]3CCN[C@@H]3C2)cc1C. The van der Waals surface area contributed by atoms with Crippen molar-refractivity contribution in [3.8, 4) is 0 Å². The van der Waals surface area contributed by atoms with Crippen molar-refractivity contribution in [1.29, 1.82) is 0 Å². The molecule has 1 aromatic carbocycles. The molecular weight excluding hydrogens is 236 g/mol. The molecule has 1 aromatic rings. The van der Waals surface area contributed by atoms with Gasteiger partial charge in [0.05, 0.1) is 6.42 Å². The van der Waals surface area contributed by atoms with Crippen molar-refractivity contribution in [3.63, 3.8) is 0 Å². The summed E-state index contributed by atoms with van der Waals surface area (Å²) in [5, 5.41) is 3.49. The monoisotopic (exact) mass is 258 g/mol. The van der Waals surface area contributed by atoms with Crippen molar-refractivity contribution in [2.45, 2.75) is 32.7 Å². The molecule has 0 aliphatic carbocycles. The van der Waals surface area contributed by atoms with Gasteiger partial charge in [-0.2, -0.15) is 0 Å². The van der Waals surface area contributed by atoms with Crippen molar-refractivity contribution in [1.82, 2.24) is 10.2 Å². The van der Waals surface area contributed by atoms with Gasteiger partial charge in [-0.05, 0) is 49.4 Å². The number of nitrogens with one attached hydrogen (secondary N) is 1. The molecule has 2 atom stereocenters. The summed E-state index contributed by atoms with van der Waals surface area (Å²) >= 11 is 0. The van der Waals surface area contributed by atoms with Gasteiger partial charge in [-0.1, -0.05) is 18.2 Å². The lowest BCUT2D eigenvalue weighted by Crippen LogP contribution is -2.34. The maximum Gasteiger partial charge on any atom is 0.227 e. The molecular formula is C16H22N2O. The Morgan fingerprint density at radius 3 is 2.89 bits per heavy atom. The van der Waals surface area contributed by atoms with Crippen LogP contribution in [0.3, 0.4) is 0 Å². The summed E-state index contributed by atoms with van der Waals surface area (Å²) in [7, 11) is 0. The van der Waals surface area contributed by atoms with Gasteiger partial charge in [-0.3, -0.25) is 4.79 Å². The number of likely N-dealkylation sites (tertiary alicyclic amines) is 1. The number of carbonyl (C=O) groups excluding carboxylic acids is 1. The highest BCUT2D eigenvalue weighted by molar-refractivity contribution is 5.79. The molecule has 0 bridgehead atoms. The van der Waals surface area contributed by atoms with E-state index in [4.69, 9.17) is 0 Å². The Morgan fingerprint density at radius 2 is 2.16 bits per heavy atom. The number of rotatable bonds is 2. The molecule has 0 aromatic heterocycles. The van der Waals surface area contributed by atoms with Crippen LogP contribution in [0.5, 0.6) is 0 Å². The zero-order chi connectivity index (χ0) is 13.4. The van der Waals surface area contributed by atoms with Gasteiger partial charge in [0.15, 0.2) is 0 Å². The first-order chi connectivity index (χ1) is 9.13. The first-order valence-electron chi connectivity index (χ1n) is 7.21. The zero-order valence-electron chi connectivity index (χ0n) is 11.8. The van der Waals surface area contributed by atoms with E-state index in [2.05, 4.69) is 37.4 Å². The summed E-state index contributed by atoms with van der Waals surface area (Å²) in [5.41, 5.74) is 3.69. The average molecular weight is 258 g/mol. The third kappa shape index (κ3) is 2.52. The second-order valence-electron chi connectivity index (χ2n) is 6.00. The van der Waals surface area contributed by atoms with Gasteiger partial charge in [-0.15, -0.1) is 0 Å². The first kappa shape index (κ1) is 12.7. The number of amides is 1. The summed E-state index contributed by atoms with van der Waals surface area (Å²) in [5.74, 6) is 0.961. The van der Waals surface area contributed by atoms with Crippen molar-refractivity contribution in [2.24, 2.45) is 5.92 Å². The Hall–Kier alpha value is -1.35. The third-order valence-electron chi connectivity index (χ3n) is 4.64. The summed E-state index contributed by atoms with van der Waals surface area (Å²) in [6.45, 7) is 7.17. The number of hydrogen-bond donors (Lipinski definition) is 1. The largest absolute Gasteiger partial charge is 0.340 e. The minimum atomic E-state index is 0.277. The van der Waals surface area contributed by atoms with E-state index in [9.17, 15) is 4.79 Å². The molecule has 2 aliphatic rings. The number of nitrogens with zero attached hydrogens (tertiary/aromatic N) is 1. The predicted molar refractivity (Wildman–Crippen MR) is 76.1 cm³/mol. The van der Waals surface area contributed by atoms with E-state index >= 15 is 0 Å². The Kier molecular flexibility index (Phi) is 3.31. The fraction of sp³-hybridized carbons (Fsp3) is 0.562. The van der Waals surface area contributed by atoms with E-state index in [1.165, 1.54) is 17.5 Å². The fourth-order valence-corrected chi connectivity index (χ4v) is 3.25. The number of carbonyl (C=O) groups is 1. The molecule has 0 unspecified atom stereocenters. The molecule has 3 nitrogen and oxygen atoms in total. The van der Waals surface area contributed by atoms with E-state index in [-0.39, 0.29) is 5.91 Å². The summed E-state index contributed by atoms with van der Waals surface area (Å²) in [4.78, 5) is 14.4. The molecule has 3 heteroatoms. The fourth-order valence-electron chi connectivity index (χ4n) is 3.25. The molecule has 102 valence electrons. The number of hydrogen-bond acceptors (Lipinski definition) is 2. The number of benzene rings is 1. The van der Waals surface area contributed by atoms with Gasteiger partial charge in [0.25, 0.3) is 0 Å². The van der Waals surface area contributed by atoms with Crippen molar-refractivity contribution in [3.05, 3.63) is 34.9 Å². The summed E-state index contributed by atoms with van der Waals surface area (Å²) < 4.78 is 0. The molecule has 3 rings (SSSR count). The van der Waals surface area contributed by atoms with E-state index < -0.39 is 0 Å². The maximum atomic E-state index is 12.3. The van der Waals surface area contributed by atoms with E-state index in [1.807, 2.05) is 4.90 Å². The summed E-state index contributed by atoms with van der Waals surface area (Å²) in [6, 6.07) is 6.87. The van der Waals surface area contributed by atoms with Crippen LogP contribution in [0.15, 0.2) is 18.2 Å². The molecule has 2 fully saturated rings. The summed E-state index contributed by atoms with van der Waals surface area (Å²) in [6.07, 6.45) is 1.76. The second kappa shape index (κ2) is 4.97. The zero-order valence-corrected chi connectivity index (χ0v) is 11.8. The highest BCUT2D eigenvalue weighted by atomic mass is 16.2. The highest BCUT2D eigenvalue weighted by Crippen LogP contribution is 2.25. The van der Waals surface area contributed by atoms with Crippen molar-refractivity contribution >= 4 is 5.91 Å². The Balaban J connectivity index is 1.63. The predicted octanol–water partition coefficient (Wildman–Crippen LogP) is 1.67. The minimum absolute atomic E-state index is 0.277.